The van der Waals surface area contributed by atoms with E-state index in [4.69, 9.17) is 0 Å². The van der Waals surface area contributed by atoms with E-state index in [9.17, 15) is 18.8 Å². The van der Waals surface area contributed by atoms with Crippen LogP contribution in [0.2, 0.25) is 0 Å². The highest BCUT2D eigenvalue weighted by molar-refractivity contribution is 7.04. The molecule has 1 fully saturated rings. The number of aromatic nitrogens is 3. The minimum atomic E-state index is -0.484. The van der Waals surface area contributed by atoms with Crippen molar-refractivity contribution in [1.82, 2.24) is 18.8 Å². The Morgan fingerprint density at radius 3 is 2.69 bits per heavy atom. The van der Waals surface area contributed by atoms with Gasteiger partial charge in [-0.3, -0.25) is 18.7 Å². The van der Waals surface area contributed by atoms with Crippen LogP contribution in [0.15, 0.2) is 39.2 Å². The van der Waals surface area contributed by atoms with Crippen molar-refractivity contribution in [3.63, 3.8) is 0 Å². The van der Waals surface area contributed by atoms with Gasteiger partial charge in [0, 0.05) is 18.0 Å². The fraction of sp³-hybridized carbons (Fsp3) is 0.294. The molecule has 3 aromatic rings. The predicted molar refractivity (Wildman–Crippen MR) is 94.7 cm³/mol. The van der Waals surface area contributed by atoms with Crippen molar-refractivity contribution in [2.24, 2.45) is 0 Å². The van der Waals surface area contributed by atoms with Crippen LogP contribution in [0, 0.1) is 5.82 Å². The summed E-state index contributed by atoms with van der Waals surface area (Å²) in [6.45, 7) is 0.0170. The molecule has 1 aliphatic carbocycles. The third-order valence-electron chi connectivity index (χ3n) is 4.32. The first-order valence-electron chi connectivity index (χ1n) is 8.15. The highest BCUT2D eigenvalue weighted by atomic mass is 32.1. The van der Waals surface area contributed by atoms with E-state index in [1.165, 1.54) is 21.3 Å². The number of benzene rings is 1. The van der Waals surface area contributed by atoms with E-state index in [1.54, 1.807) is 17.5 Å². The maximum absolute atomic E-state index is 12.9. The standard InChI is InChI=1S/C17H15FN4O3S/c18-11-3-1-10(2-4-11)7-19-14(23)8-21-13-9-26-20-15(13)16(24)22(17(21)25)12-5-6-12/h1-4,9,12H,5-8H2,(H,19,23). The minimum Gasteiger partial charge on any atom is -0.350 e. The molecule has 26 heavy (non-hydrogen) atoms. The molecule has 1 aliphatic rings. The number of hydrogen-bond acceptors (Lipinski definition) is 5. The largest absolute Gasteiger partial charge is 0.350 e. The Balaban J connectivity index is 1.59. The molecule has 1 N–H and O–H groups in total. The Labute approximate surface area is 150 Å². The Bertz CT molecular complexity index is 1100. The van der Waals surface area contributed by atoms with Gasteiger partial charge in [0.2, 0.25) is 5.91 Å². The summed E-state index contributed by atoms with van der Waals surface area (Å²) in [6, 6.07) is 5.69. The van der Waals surface area contributed by atoms with E-state index in [0.29, 0.717) is 5.52 Å². The Morgan fingerprint density at radius 2 is 2.00 bits per heavy atom. The van der Waals surface area contributed by atoms with Crippen LogP contribution in [-0.4, -0.2) is 19.4 Å². The number of carbonyl (C=O) groups excluding carboxylic acids is 1. The van der Waals surface area contributed by atoms with Crippen LogP contribution in [0.25, 0.3) is 11.0 Å². The molecule has 1 amide bonds. The van der Waals surface area contributed by atoms with Gasteiger partial charge in [-0.05, 0) is 42.1 Å². The number of nitrogens with one attached hydrogen (secondary N) is 1. The minimum absolute atomic E-state index is 0.102. The second-order valence-corrected chi connectivity index (χ2v) is 6.86. The first kappa shape index (κ1) is 16.6. The molecule has 0 saturated heterocycles. The average Bonchev–Trinajstić information content (AvgIpc) is 3.33. The molecule has 0 spiro atoms. The molecule has 0 bridgehead atoms. The van der Waals surface area contributed by atoms with Gasteiger partial charge in [0.25, 0.3) is 5.56 Å². The lowest BCUT2D eigenvalue weighted by Crippen LogP contribution is -2.42. The number of rotatable bonds is 5. The number of halogens is 1. The van der Waals surface area contributed by atoms with Crippen molar-refractivity contribution in [3.8, 4) is 0 Å². The van der Waals surface area contributed by atoms with Crippen LogP contribution in [-0.2, 0) is 17.9 Å². The summed E-state index contributed by atoms with van der Waals surface area (Å²) in [5.41, 5.74) is 0.461. The molecule has 7 nitrogen and oxygen atoms in total. The lowest BCUT2D eigenvalue weighted by atomic mass is 10.2. The molecular weight excluding hydrogens is 359 g/mol. The van der Waals surface area contributed by atoms with E-state index in [2.05, 4.69) is 9.69 Å². The van der Waals surface area contributed by atoms with E-state index in [-0.39, 0.29) is 36.4 Å². The van der Waals surface area contributed by atoms with Gasteiger partial charge in [0.05, 0.1) is 5.52 Å². The monoisotopic (exact) mass is 374 g/mol. The van der Waals surface area contributed by atoms with Crippen LogP contribution >= 0.6 is 11.5 Å². The molecule has 4 rings (SSSR count). The second kappa shape index (κ2) is 6.49. The quantitative estimate of drug-likeness (QED) is 0.732. The normalized spacial score (nSPS) is 13.9. The van der Waals surface area contributed by atoms with Gasteiger partial charge < -0.3 is 5.32 Å². The highest BCUT2D eigenvalue weighted by Crippen LogP contribution is 2.32. The number of amides is 1. The van der Waals surface area contributed by atoms with Gasteiger partial charge in [0.1, 0.15) is 12.4 Å². The summed E-state index contributed by atoms with van der Waals surface area (Å²) in [5.74, 6) is -0.716. The molecule has 2 aromatic heterocycles. The van der Waals surface area contributed by atoms with Crippen LogP contribution in [0.3, 0.4) is 0 Å². The summed E-state index contributed by atoms with van der Waals surface area (Å²) in [4.78, 5) is 37.4. The van der Waals surface area contributed by atoms with Gasteiger partial charge in [-0.15, -0.1) is 0 Å². The summed E-state index contributed by atoms with van der Waals surface area (Å²) in [7, 11) is 0. The zero-order valence-corrected chi connectivity index (χ0v) is 14.5. The number of hydrogen-bond donors (Lipinski definition) is 1. The molecule has 0 aliphatic heterocycles. The lowest BCUT2D eigenvalue weighted by Gasteiger charge is -2.11. The molecule has 1 saturated carbocycles. The van der Waals surface area contributed by atoms with E-state index < -0.39 is 11.2 Å². The Morgan fingerprint density at radius 1 is 1.27 bits per heavy atom. The first-order valence-corrected chi connectivity index (χ1v) is 8.99. The fourth-order valence-corrected chi connectivity index (χ4v) is 3.48. The van der Waals surface area contributed by atoms with Crippen molar-refractivity contribution < 1.29 is 9.18 Å². The molecule has 0 radical (unpaired) electrons. The van der Waals surface area contributed by atoms with Crippen molar-refractivity contribution >= 4 is 28.5 Å². The summed E-state index contributed by atoms with van der Waals surface area (Å²) < 4.78 is 19.5. The summed E-state index contributed by atoms with van der Waals surface area (Å²) in [5, 5.41) is 4.30. The molecule has 2 heterocycles. The second-order valence-electron chi connectivity index (χ2n) is 6.23. The van der Waals surface area contributed by atoms with Gasteiger partial charge in [-0.25, -0.2) is 9.18 Å². The number of fused-ring (bicyclic) bond motifs is 1. The van der Waals surface area contributed by atoms with Gasteiger partial charge in [-0.2, -0.15) is 4.37 Å². The third-order valence-corrected chi connectivity index (χ3v) is 4.93. The highest BCUT2D eigenvalue weighted by Gasteiger charge is 2.29. The maximum atomic E-state index is 12.9. The maximum Gasteiger partial charge on any atom is 0.332 e. The van der Waals surface area contributed by atoms with E-state index >= 15 is 0 Å². The Hall–Kier alpha value is -2.81. The van der Waals surface area contributed by atoms with Crippen molar-refractivity contribution in [2.45, 2.75) is 32.0 Å². The molecule has 9 heteroatoms. The van der Waals surface area contributed by atoms with E-state index in [1.807, 2.05) is 0 Å². The molecule has 1 aromatic carbocycles. The number of nitrogens with zero attached hydrogens (tertiary/aromatic N) is 3. The van der Waals surface area contributed by atoms with Crippen LogP contribution in [0.1, 0.15) is 24.4 Å². The molecular formula is C17H15FN4O3S. The van der Waals surface area contributed by atoms with Crippen LogP contribution in [0.4, 0.5) is 4.39 Å². The van der Waals surface area contributed by atoms with Crippen molar-refractivity contribution in [3.05, 3.63) is 61.9 Å². The molecule has 134 valence electrons. The third kappa shape index (κ3) is 3.05. The molecule has 0 atom stereocenters. The zero-order chi connectivity index (χ0) is 18.3. The molecule has 0 unspecified atom stereocenters. The topological polar surface area (TPSA) is 86.0 Å². The van der Waals surface area contributed by atoms with Gasteiger partial charge in [-0.1, -0.05) is 12.1 Å². The summed E-state index contributed by atoms with van der Waals surface area (Å²) in [6.07, 6.45) is 1.56. The van der Waals surface area contributed by atoms with Gasteiger partial charge >= 0.3 is 5.69 Å². The summed E-state index contributed by atoms with van der Waals surface area (Å²) >= 11 is 1.08. The van der Waals surface area contributed by atoms with Crippen LogP contribution < -0.4 is 16.6 Å². The first-order chi connectivity index (χ1) is 12.5. The van der Waals surface area contributed by atoms with Crippen LogP contribution in [0.5, 0.6) is 0 Å². The average molecular weight is 374 g/mol. The van der Waals surface area contributed by atoms with Gasteiger partial charge in [0.15, 0.2) is 5.52 Å². The zero-order valence-electron chi connectivity index (χ0n) is 13.6. The lowest BCUT2D eigenvalue weighted by molar-refractivity contribution is -0.121. The fourth-order valence-electron chi connectivity index (χ4n) is 2.82. The van der Waals surface area contributed by atoms with Crippen molar-refractivity contribution in [1.29, 1.82) is 0 Å². The van der Waals surface area contributed by atoms with Crippen molar-refractivity contribution in [2.75, 3.05) is 0 Å². The predicted octanol–water partition coefficient (Wildman–Crippen LogP) is 1.41. The smallest absolute Gasteiger partial charge is 0.332 e. The number of carbonyl (C=O) groups is 1. The van der Waals surface area contributed by atoms with E-state index in [0.717, 1.165) is 29.9 Å². The Kier molecular flexibility index (Phi) is 4.15. The SMILES string of the molecule is O=C(Cn1c(=O)n(C2CC2)c(=O)c2nscc21)NCc1ccc(F)cc1.